The minimum atomic E-state index is -3.31. The Morgan fingerprint density at radius 2 is 1.74 bits per heavy atom. The number of ether oxygens (including phenoxy) is 2. The number of hydrogen-bond acceptors (Lipinski definition) is 5. The number of sulfonamides is 1. The zero-order valence-corrected chi connectivity index (χ0v) is 20.4. The van der Waals surface area contributed by atoms with Gasteiger partial charge in [-0.3, -0.25) is 4.72 Å². The monoisotopic (exact) mass is 491 g/mol. The third-order valence-electron chi connectivity index (χ3n) is 7.38. The molecular formula is C27H29N3O4S. The third kappa shape index (κ3) is 4.28. The van der Waals surface area contributed by atoms with Crippen molar-refractivity contribution in [3.8, 4) is 23.1 Å². The molecular weight excluding hydrogens is 462 g/mol. The summed E-state index contributed by atoms with van der Waals surface area (Å²) in [6.07, 6.45) is 6.68. The van der Waals surface area contributed by atoms with Crippen LogP contribution in [0.15, 0.2) is 42.5 Å². The van der Waals surface area contributed by atoms with Crippen molar-refractivity contribution in [2.24, 2.45) is 0 Å². The first-order valence-electron chi connectivity index (χ1n) is 12.5. The van der Waals surface area contributed by atoms with E-state index >= 15 is 0 Å². The average Bonchev–Trinajstić information content (AvgIpc) is 3.64. The van der Waals surface area contributed by atoms with Gasteiger partial charge in [-0.25, -0.2) is 8.42 Å². The van der Waals surface area contributed by atoms with Gasteiger partial charge in [-0.2, -0.15) is 5.26 Å². The van der Waals surface area contributed by atoms with Crippen LogP contribution in [0.4, 0.5) is 5.69 Å². The molecule has 1 saturated heterocycles. The first kappa shape index (κ1) is 22.4. The number of nitrogens with zero attached hydrogens (tertiary/aromatic N) is 2. The van der Waals surface area contributed by atoms with E-state index in [2.05, 4.69) is 21.4 Å². The van der Waals surface area contributed by atoms with Gasteiger partial charge in [0.25, 0.3) is 0 Å². The molecule has 7 nitrogen and oxygen atoms in total. The molecule has 1 aromatic heterocycles. The van der Waals surface area contributed by atoms with E-state index in [0.29, 0.717) is 17.3 Å². The Kier molecular flexibility index (Phi) is 5.70. The molecule has 6 rings (SSSR count). The molecule has 2 heterocycles. The highest BCUT2D eigenvalue weighted by Crippen LogP contribution is 2.43. The van der Waals surface area contributed by atoms with Crippen LogP contribution in [0, 0.1) is 11.3 Å². The van der Waals surface area contributed by atoms with Crippen molar-refractivity contribution < 1.29 is 17.9 Å². The molecule has 2 aliphatic carbocycles. The van der Waals surface area contributed by atoms with Crippen molar-refractivity contribution in [3.63, 3.8) is 0 Å². The number of aromatic nitrogens is 1. The van der Waals surface area contributed by atoms with E-state index < -0.39 is 10.0 Å². The zero-order chi connectivity index (χ0) is 24.0. The lowest BCUT2D eigenvalue weighted by atomic mass is 9.92. The Bertz CT molecular complexity index is 1390. The SMILES string of the molecule is N#Cc1c(-c2ccc(NS(=O)(=O)C3CC3)cc2)n(C2CCC2)c2cc(OC3CCOCC3)ccc12. The molecule has 35 heavy (non-hydrogen) atoms. The van der Waals surface area contributed by atoms with Crippen molar-refractivity contribution in [1.29, 1.82) is 5.26 Å². The molecule has 0 unspecified atom stereocenters. The van der Waals surface area contributed by atoms with Crippen LogP contribution in [-0.4, -0.2) is 37.6 Å². The molecule has 0 spiro atoms. The summed E-state index contributed by atoms with van der Waals surface area (Å²) in [7, 11) is -3.31. The molecule has 3 fully saturated rings. The van der Waals surface area contributed by atoms with Gasteiger partial charge in [-0.15, -0.1) is 0 Å². The van der Waals surface area contributed by atoms with E-state index in [-0.39, 0.29) is 11.4 Å². The van der Waals surface area contributed by atoms with Crippen LogP contribution in [0.3, 0.4) is 0 Å². The lowest BCUT2D eigenvalue weighted by Gasteiger charge is -2.30. The van der Waals surface area contributed by atoms with Crippen LogP contribution < -0.4 is 9.46 Å². The van der Waals surface area contributed by atoms with Gasteiger partial charge in [0.1, 0.15) is 17.9 Å². The first-order valence-corrected chi connectivity index (χ1v) is 14.0. The molecule has 2 saturated carbocycles. The lowest BCUT2D eigenvalue weighted by molar-refractivity contribution is 0.0256. The predicted molar refractivity (Wildman–Crippen MR) is 135 cm³/mol. The molecule has 182 valence electrons. The van der Waals surface area contributed by atoms with Crippen molar-refractivity contribution in [2.45, 2.75) is 62.3 Å². The number of nitriles is 1. The van der Waals surface area contributed by atoms with Crippen molar-refractivity contribution in [3.05, 3.63) is 48.0 Å². The summed E-state index contributed by atoms with van der Waals surface area (Å²) in [6, 6.07) is 16.2. The molecule has 0 radical (unpaired) electrons. The number of benzene rings is 2. The second-order valence-corrected chi connectivity index (χ2v) is 11.8. The highest BCUT2D eigenvalue weighted by molar-refractivity contribution is 7.93. The maximum Gasteiger partial charge on any atom is 0.235 e. The van der Waals surface area contributed by atoms with Gasteiger partial charge in [-0.05, 0) is 61.9 Å². The fourth-order valence-corrected chi connectivity index (χ4v) is 6.48. The zero-order valence-electron chi connectivity index (χ0n) is 19.6. The Morgan fingerprint density at radius 1 is 1.00 bits per heavy atom. The molecule has 3 aliphatic rings. The predicted octanol–water partition coefficient (Wildman–Crippen LogP) is 5.37. The van der Waals surface area contributed by atoms with Gasteiger partial charge < -0.3 is 14.0 Å². The number of hydrogen-bond donors (Lipinski definition) is 1. The van der Waals surface area contributed by atoms with Crippen LogP contribution >= 0.6 is 0 Å². The van der Waals surface area contributed by atoms with Crippen molar-refractivity contribution in [1.82, 2.24) is 4.57 Å². The first-order chi connectivity index (χ1) is 17.0. The van der Waals surface area contributed by atoms with Crippen LogP contribution in [0.2, 0.25) is 0 Å². The Balaban J connectivity index is 1.39. The molecule has 8 heteroatoms. The largest absolute Gasteiger partial charge is 0.490 e. The van der Waals surface area contributed by atoms with E-state index in [1.54, 1.807) is 12.1 Å². The van der Waals surface area contributed by atoms with Crippen molar-refractivity contribution >= 4 is 26.6 Å². The molecule has 0 atom stereocenters. The van der Waals surface area contributed by atoms with Crippen molar-refractivity contribution in [2.75, 3.05) is 17.9 Å². The van der Waals surface area contributed by atoms with Crippen LogP contribution in [0.1, 0.15) is 56.6 Å². The molecule has 1 aliphatic heterocycles. The van der Waals surface area contributed by atoms with Gasteiger partial charge in [0.15, 0.2) is 0 Å². The Morgan fingerprint density at radius 3 is 2.37 bits per heavy atom. The second-order valence-electron chi connectivity index (χ2n) is 9.82. The number of rotatable bonds is 7. The van der Waals surface area contributed by atoms with E-state index in [9.17, 15) is 13.7 Å². The van der Waals surface area contributed by atoms with Crippen LogP contribution in [0.5, 0.6) is 5.75 Å². The molecule has 3 aromatic rings. The van der Waals surface area contributed by atoms with Crippen LogP contribution in [0.25, 0.3) is 22.2 Å². The van der Waals surface area contributed by atoms with Crippen LogP contribution in [-0.2, 0) is 14.8 Å². The summed E-state index contributed by atoms with van der Waals surface area (Å²) in [5, 5.41) is 10.8. The van der Waals surface area contributed by atoms with Gasteiger partial charge in [0.2, 0.25) is 10.0 Å². The van der Waals surface area contributed by atoms with Gasteiger partial charge in [0, 0.05) is 36.0 Å². The number of fused-ring (bicyclic) bond motifs is 1. The van der Waals surface area contributed by atoms with Gasteiger partial charge >= 0.3 is 0 Å². The summed E-state index contributed by atoms with van der Waals surface area (Å²) in [5.41, 5.74) is 4.02. The van der Waals surface area contributed by atoms with Gasteiger partial charge in [-0.1, -0.05) is 12.1 Å². The summed E-state index contributed by atoms with van der Waals surface area (Å²) in [4.78, 5) is 0. The quantitative estimate of drug-likeness (QED) is 0.480. The highest BCUT2D eigenvalue weighted by atomic mass is 32.2. The Hall–Kier alpha value is -3.02. The maximum absolute atomic E-state index is 12.3. The maximum atomic E-state index is 12.3. The smallest absolute Gasteiger partial charge is 0.235 e. The lowest BCUT2D eigenvalue weighted by Crippen LogP contribution is -2.25. The van der Waals surface area contributed by atoms with E-state index in [1.807, 2.05) is 24.3 Å². The standard InChI is InChI=1S/C27H29N3O4S/c28-17-25-24-11-8-22(34-21-12-14-33-15-13-21)16-26(24)30(20-2-1-3-20)27(25)18-4-6-19(7-5-18)29-35(31,32)23-9-10-23/h4-8,11,16,20-21,23,29H,1-3,9-10,12-15H2. The molecule has 2 aromatic carbocycles. The average molecular weight is 492 g/mol. The van der Waals surface area contributed by atoms with E-state index in [1.165, 1.54) is 6.42 Å². The summed E-state index contributed by atoms with van der Waals surface area (Å²) >= 11 is 0. The summed E-state index contributed by atoms with van der Waals surface area (Å²) in [5.74, 6) is 0.823. The Labute approximate surface area is 205 Å². The molecule has 0 amide bonds. The minimum Gasteiger partial charge on any atom is -0.490 e. The fourth-order valence-electron chi connectivity index (χ4n) is 5.09. The fraction of sp³-hybridized carbons (Fsp3) is 0.444. The van der Waals surface area contributed by atoms with Gasteiger partial charge in [0.05, 0.1) is 35.2 Å². The summed E-state index contributed by atoms with van der Waals surface area (Å²) in [6.45, 7) is 1.45. The van der Waals surface area contributed by atoms with E-state index in [0.717, 1.165) is 79.6 Å². The molecule has 0 bridgehead atoms. The topological polar surface area (TPSA) is 93.4 Å². The highest BCUT2D eigenvalue weighted by Gasteiger charge is 2.35. The summed E-state index contributed by atoms with van der Waals surface area (Å²) < 4.78 is 41.4. The van der Waals surface area contributed by atoms with E-state index in [4.69, 9.17) is 9.47 Å². The molecule has 1 N–H and O–H groups in total. The number of nitrogens with one attached hydrogen (secondary N) is 1. The minimum absolute atomic E-state index is 0.148. The second kappa shape index (κ2) is 8.89. The number of anilines is 1. The third-order valence-corrected chi connectivity index (χ3v) is 9.25. The normalized spacial score (nSPS) is 19.3.